The number of nitrogens with two attached hydrogens (primary N) is 1. The molecule has 1 heterocycles. The van der Waals surface area contributed by atoms with Crippen molar-refractivity contribution in [2.75, 3.05) is 19.6 Å². The molecule has 0 bridgehead atoms. The normalized spacial score (nSPS) is 20.2. The maximum Gasteiger partial charge on any atom is 0.241 e. The Kier molecular flexibility index (Phi) is 5.31. The third-order valence-electron chi connectivity index (χ3n) is 3.63. The molecule has 1 atom stereocenters. The van der Waals surface area contributed by atoms with Crippen molar-refractivity contribution >= 4 is 11.8 Å². The van der Waals surface area contributed by atoms with Gasteiger partial charge in [0.15, 0.2) is 0 Å². The van der Waals surface area contributed by atoms with Gasteiger partial charge in [-0.1, -0.05) is 13.8 Å². The molecular formula is C13H25N3O3. The molecule has 0 saturated carbocycles. The van der Waals surface area contributed by atoms with Crippen molar-refractivity contribution in [2.45, 2.75) is 45.3 Å². The van der Waals surface area contributed by atoms with Gasteiger partial charge in [0.05, 0.1) is 18.2 Å². The van der Waals surface area contributed by atoms with E-state index in [1.165, 1.54) is 0 Å². The summed E-state index contributed by atoms with van der Waals surface area (Å²) < 4.78 is 0. The van der Waals surface area contributed by atoms with E-state index in [0.29, 0.717) is 25.9 Å². The first-order valence-corrected chi connectivity index (χ1v) is 6.76. The molecule has 1 saturated heterocycles. The second kappa shape index (κ2) is 6.34. The van der Waals surface area contributed by atoms with Gasteiger partial charge in [-0.15, -0.1) is 0 Å². The van der Waals surface area contributed by atoms with Crippen LogP contribution in [0.15, 0.2) is 0 Å². The van der Waals surface area contributed by atoms with E-state index in [-0.39, 0.29) is 24.3 Å². The first kappa shape index (κ1) is 15.9. The van der Waals surface area contributed by atoms with Crippen LogP contribution in [-0.4, -0.2) is 53.1 Å². The number of carbonyl (C=O) groups excluding carboxylic acids is 2. The van der Waals surface area contributed by atoms with E-state index in [2.05, 4.69) is 5.32 Å². The molecule has 0 spiro atoms. The van der Waals surface area contributed by atoms with E-state index in [0.717, 1.165) is 0 Å². The van der Waals surface area contributed by atoms with Crippen LogP contribution in [0.1, 0.15) is 33.6 Å². The van der Waals surface area contributed by atoms with E-state index in [1.54, 1.807) is 11.8 Å². The maximum atomic E-state index is 11.9. The highest BCUT2D eigenvalue weighted by Crippen LogP contribution is 2.20. The van der Waals surface area contributed by atoms with Gasteiger partial charge < -0.3 is 21.1 Å². The number of amides is 2. The predicted octanol–water partition coefficient (Wildman–Crippen LogP) is -0.541. The van der Waals surface area contributed by atoms with Crippen molar-refractivity contribution in [1.29, 1.82) is 0 Å². The molecule has 19 heavy (non-hydrogen) atoms. The summed E-state index contributed by atoms with van der Waals surface area (Å²) in [4.78, 5) is 25.2. The Morgan fingerprint density at radius 1 is 1.37 bits per heavy atom. The summed E-state index contributed by atoms with van der Waals surface area (Å²) in [5.74, 6) is -0.382. The van der Waals surface area contributed by atoms with Gasteiger partial charge in [0, 0.05) is 13.1 Å². The van der Waals surface area contributed by atoms with Crippen LogP contribution < -0.4 is 11.1 Å². The number of aliphatic hydroxyl groups is 1. The molecule has 0 unspecified atom stereocenters. The van der Waals surface area contributed by atoms with E-state index in [9.17, 15) is 14.7 Å². The average Bonchev–Trinajstić information content (AvgIpc) is 2.34. The molecule has 1 rings (SSSR count). The van der Waals surface area contributed by atoms with Gasteiger partial charge in [0.1, 0.15) is 0 Å². The van der Waals surface area contributed by atoms with Crippen molar-refractivity contribution in [3.8, 4) is 0 Å². The summed E-state index contributed by atoms with van der Waals surface area (Å²) in [6.07, 6.45) is 1.14. The molecule has 110 valence electrons. The Balaban J connectivity index is 2.34. The van der Waals surface area contributed by atoms with Gasteiger partial charge >= 0.3 is 0 Å². The SMILES string of the molecule is CC(C)[C@H](N)C(=O)NCC(=O)N1CCC(C)(O)CC1. The number of hydrogen-bond acceptors (Lipinski definition) is 4. The van der Waals surface area contributed by atoms with Crippen LogP contribution in [0, 0.1) is 5.92 Å². The first-order valence-electron chi connectivity index (χ1n) is 6.76. The van der Waals surface area contributed by atoms with Crippen molar-refractivity contribution in [1.82, 2.24) is 10.2 Å². The largest absolute Gasteiger partial charge is 0.390 e. The lowest BCUT2D eigenvalue weighted by molar-refractivity contribution is -0.136. The Labute approximate surface area is 114 Å². The first-order chi connectivity index (χ1) is 8.73. The van der Waals surface area contributed by atoms with Gasteiger partial charge in [0.2, 0.25) is 11.8 Å². The van der Waals surface area contributed by atoms with Gasteiger partial charge in [-0.25, -0.2) is 0 Å². The molecule has 0 aromatic rings. The zero-order valence-electron chi connectivity index (χ0n) is 12.0. The van der Waals surface area contributed by atoms with E-state index in [4.69, 9.17) is 5.73 Å². The minimum atomic E-state index is -0.681. The predicted molar refractivity (Wildman–Crippen MR) is 72.3 cm³/mol. The van der Waals surface area contributed by atoms with Gasteiger partial charge in [-0.3, -0.25) is 9.59 Å². The lowest BCUT2D eigenvalue weighted by Crippen LogP contribution is -2.50. The van der Waals surface area contributed by atoms with E-state index in [1.807, 2.05) is 13.8 Å². The van der Waals surface area contributed by atoms with Crippen LogP contribution in [0.2, 0.25) is 0 Å². The molecule has 1 aliphatic heterocycles. The minimum Gasteiger partial charge on any atom is -0.390 e. The second-order valence-electron chi connectivity index (χ2n) is 5.87. The number of hydrogen-bond donors (Lipinski definition) is 3. The molecule has 6 nitrogen and oxygen atoms in total. The third-order valence-corrected chi connectivity index (χ3v) is 3.63. The maximum absolute atomic E-state index is 11.9. The Hall–Kier alpha value is -1.14. The molecule has 1 aliphatic rings. The van der Waals surface area contributed by atoms with Crippen LogP contribution >= 0.6 is 0 Å². The summed E-state index contributed by atoms with van der Waals surface area (Å²) in [6.45, 7) is 6.52. The zero-order chi connectivity index (χ0) is 14.6. The number of nitrogens with zero attached hydrogens (tertiary/aromatic N) is 1. The van der Waals surface area contributed by atoms with Crippen molar-refractivity contribution in [3.05, 3.63) is 0 Å². The van der Waals surface area contributed by atoms with Gasteiger partial charge in [0.25, 0.3) is 0 Å². The van der Waals surface area contributed by atoms with E-state index < -0.39 is 11.6 Å². The standard InChI is InChI=1S/C13H25N3O3/c1-9(2)11(14)12(18)15-8-10(17)16-6-4-13(3,19)5-7-16/h9,11,19H,4-8,14H2,1-3H3,(H,15,18)/t11-/m0/s1. The number of rotatable bonds is 4. The van der Waals surface area contributed by atoms with Crippen molar-refractivity contribution in [2.24, 2.45) is 11.7 Å². The summed E-state index contributed by atoms with van der Waals surface area (Å²) in [5, 5.41) is 12.4. The molecule has 1 fully saturated rings. The third kappa shape index (κ3) is 4.80. The highest BCUT2D eigenvalue weighted by atomic mass is 16.3. The Morgan fingerprint density at radius 3 is 2.37 bits per heavy atom. The average molecular weight is 271 g/mol. The number of nitrogens with one attached hydrogen (secondary N) is 1. The zero-order valence-corrected chi connectivity index (χ0v) is 12.0. The van der Waals surface area contributed by atoms with Crippen molar-refractivity contribution in [3.63, 3.8) is 0 Å². The van der Waals surface area contributed by atoms with Crippen molar-refractivity contribution < 1.29 is 14.7 Å². The van der Waals surface area contributed by atoms with Gasteiger partial charge in [-0.2, -0.15) is 0 Å². The quantitative estimate of drug-likeness (QED) is 0.640. The summed E-state index contributed by atoms with van der Waals surface area (Å²) in [7, 11) is 0. The number of likely N-dealkylation sites (tertiary alicyclic amines) is 1. The van der Waals surface area contributed by atoms with Crippen LogP contribution in [0.25, 0.3) is 0 Å². The van der Waals surface area contributed by atoms with Crippen LogP contribution in [0.3, 0.4) is 0 Å². The molecular weight excluding hydrogens is 246 g/mol. The smallest absolute Gasteiger partial charge is 0.241 e. The Morgan fingerprint density at radius 2 is 1.89 bits per heavy atom. The van der Waals surface area contributed by atoms with Crippen LogP contribution in [0.5, 0.6) is 0 Å². The summed E-state index contributed by atoms with van der Waals surface area (Å²) >= 11 is 0. The van der Waals surface area contributed by atoms with Gasteiger partial charge in [-0.05, 0) is 25.7 Å². The summed E-state index contributed by atoms with van der Waals surface area (Å²) in [6, 6.07) is -0.588. The van der Waals surface area contributed by atoms with Crippen LogP contribution in [0.4, 0.5) is 0 Å². The molecule has 6 heteroatoms. The van der Waals surface area contributed by atoms with Crippen LogP contribution in [-0.2, 0) is 9.59 Å². The molecule has 4 N–H and O–H groups in total. The Bertz CT molecular complexity index is 332. The minimum absolute atomic E-state index is 0.0264. The summed E-state index contributed by atoms with van der Waals surface area (Å²) in [5.41, 5.74) is 5.01. The fourth-order valence-corrected chi connectivity index (χ4v) is 1.93. The fraction of sp³-hybridized carbons (Fsp3) is 0.846. The molecule has 0 radical (unpaired) electrons. The topological polar surface area (TPSA) is 95.7 Å². The number of piperidine rings is 1. The fourth-order valence-electron chi connectivity index (χ4n) is 1.93. The number of carbonyl (C=O) groups is 2. The lowest BCUT2D eigenvalue weighted by Gasteiger charge is -2.35. The monoisotopic (exact) mass is 271 g/mol. The molecule has 0 aliphatic carbocycles. The highest BCUT2D eigenvalue weighted by Gasteiger charge is 2.29. The second-order valence-corrected chi connectivity index (χ2v) is 5.87. The molecule has 0 aromatic heterocycles. The highest BCUT2D eigenvalue weighted by molar-refractivity contribution is 5.87. The molecule has 0 aromatic carbocycles. The molecule has 2 amide bonds. The lowest BCUT2D eigenvalue weighted by atomic mass is 9.94. The van der Waals surface area contributed by atoms with E-state index >= 15 is 0 Å².